The topological polar surface area (TPSA) is 57.7 Å². The Balaban J connectivity index is 1.47. The van der Waals surface area contributed by atoms with Crippen molar-refractivity contribution >= 4 is 15.9 Å². The Kier molecular flexibility index (Phi) is 6.01. The summed E-state index contributed by atoms with van der Waals surface area (Å²) in [6.07, 6.45) is 4.13. The molecule has 2 aliphatic rings. The first-order valence-electron chi connectivity index (χ1n) is 10.5. The summed E-state index contributed by atoms with van der Waals surface area (Å²) >= 11 is 0. The number of hydrogen-bond acceptors (Lipinski definition) is 3. The summed E-state index contributed by atoms with van der Waals surface area (Å²) in [6.45, 7) is 1.79. The fourth-order valence-electron chi connectivity index (χ4n) is 4.54. The van der Waals surface area contributed by atoms with Crippen molar-refractivity contribution in [1.29, 1.82) is 0 Å². The van der Waals surface area contributed by atoms with Gasteiger partial charge in [-0.2, -0.15) is 4.31 Å². The van der Waals surface area contributed by atoms with Gasteiger partial charge in [0.05, 0.1) is 4.90 Å². The number of likely N-dealkylation sites (tertiary alicyclic amines) is 1. The van der Waals surface area contributed by atoms with Gasteiger partial charge < -0.3 is 4.90 Å². The second kappa shape index (κ2) is 8.67. The van der Waals surface area contributed by atoms with E-state index < -0.39 is 16.1 Å². The highest BCUT2D eigenvalue weighted by Gasteiger charge is 2.40. The SMILES string of the molecule is O=C(C1CCCCN1S(=O)(=O)c1ccccc1)N1CCC(c2ccccc2)CC1. The van der Waals surface area contributed by atoms with Gasteiger partial charge in [0.15, 0.2) is 0 Å². The first kappa shape index (κ1) is 20.1. The van der Waals surface area contributed by atoms with E-state index in [1.54, 1.807) is 30.3 Å². The van der Waals surface area contributed by atoms with E-state index in [4.69, 9.17) is 0 Å². The van der Waals surface area contributed by atoms with Crippen molar-refractivity contribution in [2.24, 2.45) is 0 Å². The third-order valence-corrected chi connectivity index (χ3v) is 8.09. The van der Waals surface area contributed by atoms with E-state index >= 15 is 0 Å². The van der Waals surface area contributed by atoms with Gasteiger partial charge in [0.25, 0.3) is 0 Å². The summed E-state index contributed by atoms with van der Waals surface area (Å²) in [7, 11) is -3.66. The quantitative estimate of drug-likeness (QED) is 0.770. The second-order valence-corrected chi connectivity index (χ2v) is 9.84. The molecule has 0 saturated carbocycles. The van der Waals surface area contributed by atoms with Gasteiger partial charge in [0, 0.05) is 19.6 Å². The van der Waals surface area contributed by atoms with Gasteiger partial charge in [-0.3, -0.25) is 4.79 Å². The fraction of sp³-hybridized carbons (Fsp3) is 0.435. The second-order valence-electron chi connectivity index (χ2n) is 7.95. The van der Waals surface area contributed by atoms with Crippen LogP contribution >= 0.6 is 0 Å². The van der Waals surface area contributed by atoms with Crippen LogP contribution in [0.25, 0.3) is 0 Å². The average Bonchev–Trinajstić information content (AvgIpc) is 2.80. The summed E-state index contributed by atoms with van der Waals surface area (Å²) in [5, 5.41) is 0. The summed E-state index contributed by atoms with van der Waals surface area (Å²) in [5.41, 5.74) is 1.32. The molecule has 5 nitrogen and oxygen atoms in total. The highest BCUT2D eigenvalue weighted by molar-refractivity contribution is 7.89. The minimum Gasteiger partial charge on any atom is -0.341 e. The van der Waals surface area contributed by atoms with E-state index in [9.17, 15) is 13.2 Å². The van der Waals surface area contributed by atoms with E-state index in [1.165, 1.54) is 9.87 Å². The maximum Gasteiger partial charge on any atom is 0.243 e. The molecule has 2 aromatic rings. The summed E-state index contributed by atoms with van der Waals surface area (Å²) < 4.78 is 27.8. The van der Waals surface area contributed by atoms with Gasteiger partial charge in [0.1, 0.15) is 6.04 Å². The molecule has 29 heavy (non-hydrogen) atoms. The molecule has 6 heteroatoms. The van der Waals surface area contributed by atoms with Gasteiger partial charge >= 0.3 is 0 Å². The van der Waals surface area contributed by atoms with Crippen LogP contribution in [0.1, 0.15) is 43.6 Å². The molecule has 0 spiro atoms. The normalized spacial score (nSPS) is 21.8. The molecule has 2 aliphatic heterocycles. The average molecular weight is 413 g/mol. The van der Waals surface area contributed by atoms with Crippen LogP contribution in [0.3, 0.4) is 0 Å². The number of carbonyl (C=O) groups excluding carboxylic acids is 1. The predicted molar refractivity (Wildman–Crippen MR) is 113 cm³/mol. The third kappa shape index (κ3) is 4.23. The Hall–Kier alpha value is -2.18. The van der Waals surface area contributed by atoms with E-state index in [0.717, 1.165) is 25.7 Å². The standard InChI is InChI=1S/C23H28N2O3S/c26-23(24-17-14-20(15-18-24)19-9-3-1-4-10-19)22-13-7-8-16-25(22)29(27,28)21-11-5-2-6-12-21/h1-6,9-12,20,22H,7-8,13-18H2. The van der Waals surface area contributed by atoms with Gasteiger partial charge in [-0.05, 0) is 49.3 Å². The monoisotopic (exact) mass is 412 g/mol. The van der Waals surface area contributed by atoms with Crippen molar-refractivity contribution in [2.75, 3.05) is 19.6 Å². The predicted octanol–water partition coefficient (Wildman–Crippen LogP) is 3.64. The van der Waals surface area contributed by atoms with E-state index in [0.29, 0.717) is 32.0 Å². The molecule has 0 aromatic heterocycles. The molecule has 0 N–H and O–H groups in total. The number of rotatable bonds is 4. The van der Waals surface area contributed by atoms with Crippen LogP contribution in [-0.2, 0) is 14.8 Å². The molecule has 0 bridgehead atoms. The molecule has 1 unspecified atom stereocenters. The van der Waals surface area contributed by atoms with Gasteiger partial charge in [-0.25, -0.2) is 8.42 Å². The lowest BCUT2D eigenvalue weighted by Gasteiger charge is -2.39. The number of carbonyl (C=O) groups is 1. The highest BCUT2D eigenvalue weighted by Crippen LogP contribution is 2.31. The zero-order valence-electron chi connectivity index (χ0n) is 16.6. The van der Waals surface area contributed by atoms with Crippen molar-refractivity contribution in [1.82, 2.24) is 9.21 Å². The summed E-state index contributed by atoms with van der Waals surface area (Å²) in [4.78, 5) is 15.4. The van der Waals surface area contributed by atoms with Crippen LogP contribution < -0.4 is 0 Å². The molecule has 1 atom stereocenters. The molecule has 154 valence electrons. The van der Waals surface area contributed by atoms with Crippen LogP contribution in [0.2, 0.25) is 0 Å². The van der Waals surface area contributed by atoms with Crippen LogP contribution in [0.15, 0.2) is 65.6 Å². The minimum absolute atomic E-state index is 0.0317. The molecule has 1 amide bonds. The van der Waals surface area contributed by atoms with E-state index in [-0.39, 0.29) is 10.8 Å². The molecule has 2 heterocycles. The molecule has 4 rings (SSSR count). The zero-order chi connectivity index (χ0) is 20.3. The number of nitrogens with zero attached hydrogens (tertiary/aromatic N) is 2. The molecule has 2 aromatic carbocycles. The number of amides is 1. The van der Waals surface area contributed by atoms with Crippen LogP contribution in [0.5, 0.6) is 0 Å². The largest absolute Gasteiger partial charge is 0.341 e. The first-order valence-corrected chi connectivity index (χ1v) is 11.9. The van der Waals surface area contributed by atoms with Gasteiger partial charge in [-0.1, -0.05) is 55.0 Å². The first-order chi connectivity index (χ1) is 14.1. The minimum atomic E-state index is -3.66. The Morgan fingerprint density at radius 3 is 2.07 bits per heavy atom. The molecule has 2 saturated heterocycles. The van der Waals surface area contributed by atoms with Crippen molar-refractivity contribution in [2.45, 2.75) is 49.0 Å². The Morgan fingerprint density at radius 2 is 1.41 bits per heavy atom. The maximum atomic E-state index is 13.3. The summed E-state index contributed by atoms with van der Waals surface area (Å²) in [5.74, 6) is 0.437. The van der Waals surface area contributed by atoms with Crippen molar-refractivity contribution < 1.29 is 13.2 Å². The van der Waals surface area contributed by atoms with Gasteiger partial charge in [0.2, 0.25) is 15.9 Å². The van der Waals surface area contributed by atoms with Crippen LogP contribution in [-0.4, -0.2) is 49.2 Å². The molecule has 2 fully saturated rings. The highest BCUT2D eigenvalue weighted by atomic mass is 32.2. The number of sulfonamides is 1. The summed E-state index contributed by atoms with van der Waals surface area (Å²) in [6, 6.07) is 18.3. The van der Waals surface area contributed by atoms with Crippen molar-refractivity contribution in [3.63, 3.8) is 0 Å². The maximum absolute atomic E-state index is 13.3. The number of hydrogen-bond donors (Lipinski definition) is 0. The fourth-order valence-corrected chi connectivity index (χ4v) is 6.21. The number of piperidine rings is 2. The lowest BCUT2D eigenvalue weighted by molar-refractivity contribution is -0.137. The Bertz CT molecular complexity index is 923. The van der Waals surface area contributed by atoms with E-state index in [1.807, 2.05) is 11.0 Å². The number of benzene rings is 2. The molecule has 0 radical (unpaired) electrons. The Labute approximate surface area is 173 Å². The lowest BCUT2D eigenvalue weighted by Crippen LogP contribution is -2.54. The zero-order valence-corrected chi connectivity index (χ0v) is 17.4. The third-order valence-electron chi connectivity index (χ3n) is 6.17. The Morgan fingerprint density at radius 1 is 0.793 bits per heavy atom. The molecular formula is C23H28N2O3S. The molecule has 0 aliphatic carbocycles. The van der Waals surface area contributed by atoms with Crippen LogP contribution in [0.4, 0.5) is 0 Å². The molecular weight excluding hydrogens is 384 g/mol. The van der Waals surface area contributed by atoms with Crippen molar-refractivity contribution in [3.8, 4) is 0 Å². The smallest absolute Gasteiger partial charge is 0.243 e. The van der Waals surface area contributed by atoms with E-state index in [2.05, 4.69) is 24.3 Å². The van der Waals surface area contributed by atoms with Gasteiger partial charge in [-0.15, -0.1) is 0 Å². The van der Waals surface area contributed by atoms with Crippen molar-refractivity contribution in [3.05, 3.63) is 66.2 Å². The van der Waals surface area contributed by atoms with Crippen LogP contribution in [0, 0.1) is 0 Å². The lowest BCUT2D eigenvalue weighted by atomic mass is 9.89.